The molecule has 0 aliphatic rings. The van der Waals surface area contributed by atoms with E-state index in [4.69, 9.17) is 0 Å². The lowest BCUT2D eigenvalue weighted by Crippen LogP contribution is -2.28. The smallest absolute Gasteiger partial charge is 0.317 e. The summed E-state index contributed by atoms with van der Waals surface area (Å²) in [6, 6.07) is 1.12. The van der Waals surface area contributed by atoms with E-state index in [0.29, 0.717) is 4.85 Å². The molecule has 10 heavy (non-hydrogen) atoms. The van der Waals surface area contributed by atoms with Crippen LogP contribution in [0.1, 0.15) is 0 Å². The van der Waals surface area contributed by atoms with Gasteiger partial charge >= 0.3 is 12.0 Å². The summed E-state index contributed by atoms with van der Waals surface area (Å²) in [7, 11) is 0. The highest BCUT2D eigenvalue weighted by atomic mass is 16.7. The Morgan fingerprint density at radius 3 is 3.10 bits per heavy atom. The standard InChI is InChI=1S/C4H3N3O3/c8-3-10-7-4(9)1-2-5-6-7/h1-3H. The van der Waals surface area contributed by atoms with Crippen LogP contribution in [0.3, 0.4) is 0 Å². The van der Waals surface area contributed by atoms with E-state index in [0.717, 1.165) is 6.07 Å². The van der Waals surface area contributed by atoms with Crippen molar-refractivity contribution in [3.05, 3.63) is 22.6 Å². The highest BCUT2D eigenvalue weighted by Gasteiger charge is 1.92. The maximum Gasteiger partial charge on any atom is 0.323 e. The molecule has 0 saturated heterocycles. The summed E-state index contributed by atoms with van der Waals surface area (Å²) in [4.78, 5) is 24.8. The molecule has 0 aromatic carbocycles. The highest BCUT2D eigenvalue weighted by Crippen LogP contribution is 1.61. The third-order valence-corrected chi connectivity index (χ3v) is 0.748. The van der Waals surface area contributed by atoms with E-state index >= 15 is 0 Å². The van der Waals surface area contributed by atoms with Crippen molar-refractivity contribution in [2.45, 2.75) is 0 Å². The summed E-state index contributed by atoms with van der Waals surface area (Å²) in [5, 5.41) is 6.46. The zero-order valence-electron chi connectivity index (χ0n) is 4.80. The second-order valence-corrected chi connectivity index (χ2v) is 1.33. The molecule has 6 heteroatoms. The lowest BCUT2D eigenvalue weighted by atomic mass is 10.7. The van der Waals surface area contributed by atoms with Crippen molar-refractivity contribution in [1.29, 1.82) is 0 Å². The molecule has 1 rings (SSSR count). The van der Waals surface area contributed by atoms with Crippen LogP contribution in [0, 0.1) is 0 Å². The fraction of sp³-hybridized carbons (Fsp3) is 0. The normalized spacial score (nSPS) is 8.80. The van der Waals surface area contributed by atoms with Gasteiger partial charge in [0.2, 0.25) is 0 Å². The van der Waals surface area contributed by atoms with Gasteiger partial charge in [-0.05, 0) is 10.1 Å². The predicted molar refractivity (Wildman–Crippen MR) is 28.9 cm³/mol. The van der Waals surface area contributed by atoms with Crippen LogP contribution in [0.4, 0.5) is 0 Å². The van der Waals surface area contributed by atoms with Crippen molar-refractivity contribution in [2.75, 3.05) is 0 Å². The van der Waals surface area contributed by atoms with Crippen molar-refractivity contribution >= 4 is 6.47 Å². The molecule has 1 heterocycles. The summed E-state index contributed by atoms with van der Waals surface area (Å²) in [6.07, 6.45) is 1.20. The fourth-order valence-electron chi connectivity index (χ4n) is 0.395. The van der Waals surface area contributed by atoms with E-state index in [2.05, 4.69) is 15.1 Å². The SMILES string of the molecule is O=COn1nnccc1=O. The van der Waals surface area contributed by atoms with Gasteiger partial charge < -0.3 is 4.84 Å². The number of carbonyl (C=O) groups excluding carboxylic acids is 1. The van der Waals surface area contributed by atoms with E-state index in [1.807, 2.05) is 0 Å². The summed E-state index contributed by atoms with van der Waals surface area (Å²) >= 11 is 0. The second kappa shape index (κ2) is 2.72. The van der Waals surface area contributed by atoms with Gasteiger partial charge in [-0.2, -0.15) is 0 Å². The number of nitrogens with zero attached hydrogens (tertiary/aromatic N) is 3. The Hall–Kier alpha value is -1.72. The van der Waals surface area contributed by atoms with Crippen molar-refractivity contribution in [2.24, 2.45) is 0 Å². The van der Waals surface area contributed by atoms with E-state index in [9.17, 15) is 9.59 Å². The Balaban J connectivity index is 3.03. The van der Waals surface area contributed by atoms with E-state index in [1.165, 1.54) is 6.20 Å². The molecule has 0 radical (unpaired) electrons. The van der Waals surface area contributed by atoms with Gasteiger partial charge in [-0.3, -0.25) is 9.59 Å². The Kier molecular flexibility index (Phi) is 1.74. The molecular weight excluding hydrogens is 138 g/mol. The first kappa shape index (κ1) is 6.40. The minimum atomic E-state index is -0.540. The van der Waals surface area contributed by atoms with Crippen LogP contribution in [0.2, 0.25) is 0 Å². The lowest BCUT2D eigenvalue weighted by molar-refractivity contribution is -0.131. The van der Waals surface area contributed by atoms with E-state index < -0.39 is 5.56 Å². The molecule has 1 aromatic rings. The largest absolute Gasteiger partial charge is 0.323 e. The van der Waals surface area contributed by atoms with Crippen LogP contribution in [0.15, 0.2) is 17.1 Å². The van der Waals surface area contributed by atoms with Crippen LogP contribution in [-0.4, -0.2) is 21.6 Å². The molecule has 0 N–H and O–H groups in total. The average Bonchev–Trinajstić information content (AvgIpc) is 1.94. The first-order chi connectivity index (χ1) is 4.84. The number of hydrogen-bond acceptors (Lipinski definition) is 5. The second-order valence-electron chi connectivity index (χ2n) is 1.33. The van der Waals surface area contributed by atoms with Gasteiger partial charge in [0, 0.05) is 6.07 Å². The van der Waals surface area contributed by atoms with E-state index in [1.54, 1.807) is 0 Å². The summed E-state index contributed by atoms with van der Waals surface area (Å²) < 4.78 is 0. The maximum atomic E-state index is 10.6. The quantitative estimate of drug-likeness (QED) is 0.359. The van der Waals surface area contributed by atoms with Crippen LogP contribution in [-0.2, 0) is 4.79 Å². The maximum absolute atomic E-state index is 10.6. The van der Waals surface area contributed by atoms with Crippen LogP contribution < -0.4 is 10.4 Å². The molecular formula is C4H3N3O3. The predicted octanol–water partition coefficient (Wildman–Crippen LogP) is -1.78. The first-order valence-corrected chi connectivity index (χ1v) is 2.36. The minimum absolute atomic E-state index is 0.0933. The number of hydrogen-bond donors (Lipinski definition) is 0. The first-order valence-electron chi connectivity index (χ1n) is 2.36. The van der Waals surface area contributed by atoms with Gasteiger partial charge in [-0.1, -0.05) is 0 Å². The van der Waals surface area contributed by atoms with Gasteiger partial charge in [0.25, 0.3) is 0 Å². The summed E-state index contributed by atoms with van der Waals surface area (Å²) in [5.41, 5.74) is -0.540. The molecule has 0 aliphatic carbocycles. The van der Waals surface area contributed by atoms with Crippen molar-refractivity contribution in [1.82, 2.24) is 15.2 Å². The molecule has 6 nitrogen and oxygen atoms in total. The molecule has 0 saturated carbocycles. The van der Waals surface area contributed by atoms with Crippen molar-refractivity contribution in [3.8, 4) is 0 Å². The lowest BCUT2D eigenvalue weighted by Gasteiger charge is -1.92. The van der Waals surface area contributed by atoms with Crippen LogP contribution in [0.25, 0.3) is 0 Å². The topological polar surface area (TPSA) is 74.1 Å². The molecule has 0 bridgehead atoms. The molecule has 52 valence electrons. The monoisotopic (exact) mass is 141 g/mol. The Morgan fingerprint density at radius 1 is 1.70 bits per heavy atom. The third-order valence-electron chi connectivity index (χ3n) is 0.748. The van der Waals surface area contributed by atoms with Crippen molar-refractivity contribution in [3.63, 3.8) is 0 Å². The summed E-state index contributed by atoms with van der Waals surface area (Å²) in [5.74, 6) is 0. The molecule has 0 aliphatic heterocycles. The fourth-order valence-corrected chi connectivity index (χ4v) is 0.395. The number of rotatable bonds is 2. The minimum Gasteiger partial charge on any atom is -0.317 e. The zero-order chi connectivity index (χ0) is 7.40. The zero-order valence-corrected chi connectivity index (χ0v) is 4.80. The van der Waals surface area contributed by atoms with Crippen molar-refractivity contribution < 1.29 is 9.63 Å². The number of aromatic nitrogens is 3. The van der Waals surface area contributed by atoms with Gasteiger partial charge in [0.05, 0.1) is 6.20 Å². The molecule has 0 spiro atoms. The molecule has 0 fully saturated rings. The third kappa shape index (κ3) is 1.16. The van der Waals surface area contributed by atoms with Crippen LogP contribution in [0.5, 0.6) is 0 Å². The van der Waals surface area contributed by atoms with Gasteiger partial charge in [-0.25, -0.2) is 0 Å². The molecule has 0 unspecified atom stereocenters. The number of carbonyl (C=O) groups is 1. The summed E-state index contributed by atoms with van der Waals surface area (Å²) in [6.45, 7) is 0.0933. The van der Waals surface area contributed by atoms with Gasteiger partial charge in [-0.15, -0.1) is 5.10 Å². The molecule has 0 atom stereocenters. The van der Waals surface area contributed by atoms with Crippen LogP contribution >= 0.6 is 0 Å². The van der Waals surface area contributed by atoms with E-state index in [-0.39, 0.29) is 6.47 Å². The van der Waals surface area contributed by atoms with Gasteiger partial charge in [0.1, 0.15) is 0 Å². The average molecular weight is 141 g/mol. The highest BCUT2D eigenvalue weighted by molar-refractivity contribution is 5.37. The molecule has 0 amide bonds. The van der Waals surface area contributed by atoms with Gasteiger partial charge in [0.15, 0.2) is 0 Å². The Morgan fingerprint density at radius 2 is 2.50 bits per heavy atom. The molecule has 1 aromatic heterocycles. The Bertz CT molecular complexity index is 281. The Labute approximate surface area is 55.0 Å².